The minimum atomic E-state index is -0.252. The zero-order valence-corrected chi connectivity index (χ0v) is 12.6. The molecule has 0 amide bonds. The van der Waals surface area contributed by atoms with Gasteiger partial charge in [-0.05, 0) is 30.7 Å². The molecule has 3 rings (SSSR count). The van der Waals surface area contributed by atoms with Gasteiger partial charge in [-0.2, -0.15) is 5.10 Å². The van der Waals surface area contributed by atoms with Gasteiger partial charge in [0.05, 0.1) is 17.5 Å². The average molecular weight is 313 g/mol. The van der Waals surface area contributed by atoms with Crippen LogP contribution in [0.1, 0.15) is 11.1 Å². The molecule has 22 heavy (non-hydrogen) atoms. The van der Waals surface area contributed by atoms with Gasteiger partial charge in [-0.25, -0.2) is 4.98 Å². The van der Waals surface area contributed by atoms with Gasteiger partial charge in [-0.3, -0.25) is 14.6 Å². The van der Waals surface area contributed by atoms with Crippen LogP contribution in [-0.2, 0) is 0 Å². The third-order valence-corrected chi connectivity index (χ3v) is 3.49. The number of fused-ring (bicyclic) bond motifs is 1. The standard InChI is InChI=1S/C16H13ClN4O/c1-11-6-5-9-21-15(11)19-14(17)13(16(21)22)10-18-20-12-7-3-2-4-8-12/h2-10,20H,1H3/b18-10-. The SMILES string of the molecule is Cc1cccn2c(=O)c(/C=N\Nc3ccccc3)c(Cl)nc12. The van der Waals surface area contributed by atoms with Crippen LogP contribution in [-0.4, -0.2) is 15.6 Å². The van der Waals surface area contributed by atoms with Crippen molar-refractivity contribution < 1.29 is 0 Å². The van der Waals surface area contributed by atoms with Crippen molar-refractivity contribution in [1.29, 1.82) is 0 Å². The molecule has 0 fully saturated rings. The van der Waals surface area contributed by atoms with Gasteiger partial charge in [0, 0.05) is 6.20 Å². The molecule has 1 aromatic carbocycles. The number of hydrazone groups is 1. The summed E-state index contributed by atoms with van der Waals surface area (Å²) in [6, 6.07) is 13.1. The number of nitrogens with one attached hydrogen (secondary N) is 1. The highest BCUT2D eigenvalue weighted by Crippen LogP contribution is 2.12. The first-order valence-electron chi connectivity index (χ1n) is 6.68. The largest absolute Gasteiger partial charge is 0.278 e. The van der Waals surface area contributed by atoms with E-state index in [2.05, 4.69) is 15.5 Å². The monoisotopic (exact) mass is 312 g/mol. The van der Waals surface area contributed by atoms with Crippen LogP contribution in [0.15, 0.2) is 58.6 Å². The molecule has 2 heterocycles. The van der Waals surface area contributed by atoms with E-state index in [0.717, 1.165) is 11.3 Å². The van der Waals surface area contributed by atoms with Crippen LogP contribution in [0.3, 0.4) is 0 Å². The second kappa shape index (κ2) is 5.99. The highest BCUT2D eigenvalue weighted by molar-refractivity contribution is 6.32. The maximum atomic E-state index is 12.5. The lowest BCUT2D eigenvalue weighted by Gasteiger charge is -2.05. The van der Waals surface area contributed by atoms with E-state index in [-0.39, 0.29) is 16.3 Å². The number of pyridine rings is 1. The summed E-state index contributed by atoms with van der Waals surface area (Å²) in [6.07, 6.45) is 3.05. The Morgan fingerprint density at radius 1 is 1.23 bits per heavy atom. The summed E-state index contributed by atoms with van der Waals surface area (Å²) in [4.78, 5) is 16.7. The Hall–Kier alpha value is -2.66. The summed E-state index contributed by atoms with van der Waals surface area (Å²) in [5, 5.41) is 4.19. The van der Waals surface area contributed by atoms with Crippen molar-refractivity contribution in [3.63, 3.8) is 0 Å². The molecule has 0 aliphatic heterocycles. The topological polar surface area (TPSA) is 58.8 Å². The zero-order valence-electron chi connectivity index (χ0n) is 11.8. The van der Waals surface area contributed by atoms with Gasteiger partial charge in [0.25, 0.3) is 5.56 Å². The van der Waals surface area contributed by atoms with Crippen LogP contribution >= 0.6 is 11.6 Å². The van der Waals surface area contributed by atoms with Gasteiger partial charge in [0.1, 0.15) is 10.8 Å². The Kier molecular flexibility index (Phi) is 3.89. The minimum absolute atomic E-state index is 0.137. The van der Waals surface area contributed by atoms with Gasteiger partial charge < -0.3 is 0 Å². The Morgan fingerprint density at radius 2 is 2.00 bits per heavy atom. The highest BCUT2D eigenvalue weighted by Gasteiger charge is 2.10. The molecule has 0 spiro atoms. The highest BCUT2D eigenvalue weighted by atomic mass is 35.5. The third kappa shape index (κ3) is 2.71. The van der Waals surface area contributed by atoms with Crippen molar-refractivity contribution >= 4 is 29.2 Å². The molecule has 0 saturated heterocycles. The lowest BCUT2D eigenvalue weighted by Crippen LogP contribution is -2.20. The van der Waals surface area contributed by atoms with Crippen LogP contribution in [0.25, 0.3) is 5.65 Å². The lowest BCUT2D eigenvalue weighted by atomic mass is 10.3. The predicted molar refractivity (Wildman–Crippen MR) is 88.9 cm³/mol. The van der Waals surface area contributed by atoms with Gasteiger partial charge in [-0.15, -0.1) is 0 Å². The number of halogens is 1. The van der Waals surface area contributed by atoms with Gasteiger partial charge >= 0.3 is 0 Å². The van der Waals surface area contributed by atoms with E-state index < -0.39 is 0 Å². The lowest BCUT2D eigenvalue weighted by molar-refractivity contribution is 1.03. The number of aromatic nitrogens is 2. The number of nitrogens with zero attached hydrogens (tertiary/aromatic N) is 3. The smallest absolute Gasteiger partial charge is 0.268 e. The van der Waals surface area contributed by atoms with Crippen molar-refractivity contribution in [2.75, 3.05) is 5.43 Å². The summed E-state index contributed by atoms with van der Waals surface area (Å²) in [7, 11) is 0. The molecule has 0 unspecified atom stereocenters. The number of aryl methyl sites for hydroxylation is 1. The molecule has 0 aliphatic carbocycles. The van der Waals surface area contributed by atoms with Gasteiger partial charge in [0.2, 0.25) is 0 Å². The van der Waals surface area contributed by atoms with Crippen LogP contribution in [0.4, 0.5) is 5.69 Å². The first-order valence-corrected chi connectivity index (χ1v) is 7.06. The molecular weight excluding hydrogens is 300 g/mol. The molecule has 6 heteroatoms. The molecule has 1 N–H and O–H groups in total. The van der Waals surface area contributed by atoms with Crippen molar-refractivity contribution in [2.45, 2.75) is 6.92 Å². The van der Waals surface area contributed by atoms with Crippen LogP contribution in [0.2, 0.25) is 5.15 Å². The first-order chi connectivity index (χ1) is 10.7. The number of para-hydroxylation sites is 1. The number of benzene rings is 1. The molecule has 0 bridgehead atoms. The Morgan fingerprint density at radius 3 is 2.77 bits per heavy atom. The van der Waals surface area contributed by atoms with Gasteiger partial charge in [0.15, 0.2) is 0 Å². The van der Waals surface area contributed by atoms with Crippen molar-refractivity contribution in [1.82, 2.24) is 9.38 Å². The molecule has 0 atom stereocenters. The molecule has 2 aromatic heterocycles. The first kappa shape index (κ1) is 14.3. The molecule has 110 valence electrons. The molecule has 0 aliphatic rings. The van der Waals surface area contributed by atoms with Crippen LogP contribution < -0.4 is 11.0 Å². The van der Waals surface area contributed by atoms with E-state index in [4.69, 9.17) is 11.6 Å². The summed E-state index contributed by atoms with van der Waals surface area (Å²) in [6.45, 7) is 1.88. The van der Waals surface area contributed by atoms with E-state index in [1.807, 2.05) is 43.3 Å². The fourth-order valence-electron chi connectivity index (χ4n) is 2.08. The third-order valence-electron chi connectivity index (χ3n) is 3.20. The van der Waals surface area contributed by atoms with Gasteiger partial charge in [-0.1, -0.05) is 35.9 Å². The van der Waals surface area contributed by atoms with E-state index in [1.54, 1.807) is 12.3 Å². The predicted octanol–water partition coefficient (Wildman–Crippen LogP) is 3.10. The van der Waals surface area contributed by atoms with Crippen molar-refractivity contribution in [2.24, 2.45) is 5.10 Å². The van der Waals surface area contributed by atoms with Crippen molar-refractivity contribution in [3.8, 4) is 0 Å². The number of hydrogen-bond donors (Lipinski definition) is 1. The fraction of sp³-hybridized carbons (Fsp3) is 0.0625. The minimum Gasteiger partial charge on any atom is -0.278 e. The Bertz CT molecular complexity index is 903. The number of hydrogen-bond acceptors (Lipinski definition) is 4. The summed E-state index contributed by atoms with van der Waals surface area (Å²) in [5.74, 6) is 0. The van der Waals surface area contributed by atoms with Crippen LogP contribution in [0, 0.1) is 6.92 Å². The Labute approximate surface area is 131 Å². The molecular formula is C16H13ClN4O. The van der Waals surface area contributed by atoms with Crippen molar-refractivity contribution in [3.05, 3.63) is 75.3 Å². The quantitative estimate of drug-likeness (QED) is 0.459. The second-order valence-electron chi connectivity index (χ2n) is 4.74. The maximum absolute atomic E-state index is 12.5. The Balaban J connectivity index is 1.99. The summed E-state index contributed by atoms with van der Waals surface area (Å²) < 4.78 is 1.46. The summed E-state index contributed by atoms with van der Waals surface area (Å²) in [5.41, 5.74) is 5.08. The summed E-state index contributed by atoms with van der Waals surface area (Å²) >= 11 is 6.12. The normalized spacial score (nSPS) is 11.2. The molecule has 0 saturated carbocycles. The van der Waals surface area contributed by atoms with E-state index in [9.17, 15) is 4.79 Å². The van der Waals surface area contributed by atoms with E-state index in [1.165, 1.54) is 10.6 Å². The fourth-order valence-corrected chi connectivity index (χ4v) is 2.29. The van der Waals surface area contributed by atoms with E-state index >= 15 is 0 Å². The molecule has 0 radical (unpaired) electrons. The van der Waals surface area contributed by atoms with Crippen LogP contribution in [0.5, 0.6) is 0 Å². The molecule has 3 aromatic rings. The zero-order chi connectivity index (χ0) is 15.5. The van der Waals surface area contributed by atoms with E-state index in [0.29, 0.717) is 5.65 Å². The number of anilines is 1. The average Bonchev–Trinajstić information content (AvgIpc) is 2.53. The second-order valence-corrected chi connectivity index (χ2v) is 5.10. The molecule has 5 nitrogen and oxygen atoms in total. The number of rotatable bonds is 3. The maximum Gasteiger partial charge on any atom is 0.268 e.